The Morgan fingerprint density at radius 1 is 1.39 bits per heavy atom. The Balaban J connectivity index is 1.69. The molecule has 1 aromatic rings. The number of piperidine rings is 1. The summed E-state index contributed by atoms with van der Waals surface area (Å²) in [6.45, 7) is 1.89. The van der Waals surface area contributed by atoms with Gasteiger partial charge >= 0.3 is 0 Å². The molecule has 0 N–H and O–H groups in total. The van der Waals surface area contributed by atoms with E-state index in [2.05, 4.69) is 9.36 Å². The highest BCUT2D eigenvalue weighted by atomic mass is 32.2. The first kappa shape index (κ1) is 14.1. The van der Waals surface area contributed by atoms with Crippen LogP contribution in [0.2, 0.25) is 0 Å². The fourth-order valence-electron chi connectivity index (χ4n) is 1.87. The summed E-state index contributed by atoms with van der Waals surface area (Å²) in [6, 6.07) is 0. The van der Waals surface area contributed by atoms with Gasteiger partial charge in [0.05, 0.1) is 0 Å². The van der Waals surface area contributed by atoms with E-state index in [1.54, 1.807) is 23.5 Å². The van der Waals surface area contributed by atoms with Crippen LogP contribution in [0.4, 0.5) is 0 Å². The predicted molar refractivity (Wildman–Crippen MR) is 77.5 cm³/mol. The maximum atomic E-state index is 11.9. The lowest BCUT2D eigenvalue weighted by Crippen LogP contribution is -2.35. The van der Waals surface area contributed by atoms with E-state index in [9.17, 15) is 4.79 Å². The number of carbonyl (C=O) groups excluding carboxylic acids is 1. The van der Waals surface area contributed by atoms with E-state index in [-0.39, 0.29) is 5.91 Å². The van der Waals surface area contributed by atoms with Crippen molar-refractivity contribution in [2.75, 3.05) is 25.1 Å². The molecule has 0 bridgehead atoms. The van der Waals surface area contributed by atoms with E-state index in [1.165, 1.54) is 18.0 Å². The summed E-state index contributed by atoms with van der Waals surface area (Å²) in [5.41, 5.74) is 0. The van der Waals surface area contributed by atoms with Gasteiger partial charge < -0.3 is 4.90 Å². The Hall–Kier alpha value is -0.270. The van der Waals surface area contributed by atoms with Gasteiger partial charge in [-0.1, -0.05) is 23.5 Å². The van der Waals surface area contributed by atoms with Gasteiger partial charge in [-0.3, -0.25) is 4.79 Å². The van der Waals surface area contributed by atoms with Gasteiger partial charge in [0, 0.05) is 25.3 Å². The van der Waals surface area contributed by atoms with Gasteiger partial charge in [0.1, 0.15) is 0 Å². The van der Waals surface area contributed by atoms with E-state index < -0.39 is 0 Å². The summed E-state index contributed by atoms with van der Waals surface area (Å²) < 4.78 is 5.16. The van der Waals surface area contributed by atoms with Crippen LogP contribution < -0.4 is 0 Å². The zero-order valence-electron chi connectivity index (χ0n) is 10.4. The Morgan fingerprint density at radius 2 is 2.17 bits per heavy atom. The highest BCUT2D eigenvalue weighted by Crippen LogP contribution is 2.24. The molecule has 0 unspecified atom stereocenters. The molecule has 0 aliphatic carbocycles. The fraction of sp³-hybridized carbons (Fsp3) is 0.727. The van der Waals surface area contributed by atoms with Gasteiger partial charge in [-0.05, 0) is 37.1 Å². The second-order valence-corrected chi connectivity index (χ2v) is 6.95. The minimum absolute atomic E-state index is 0.289. The molecule has 1 aliphatic heterocycles. The van der Waals surface area contributed by atoms with Crippen LogP contribution in [0.25, 0.3) is 0 Å². The van der Waals surface area contributed by atoms with E-state index in [1.807, 2.05) is 11.2 Å². The molecule has 1 aromatic heterocycles. The number of likely N-dealkylation sites (tertiary alicyclic amines) is 1. The first-order valence-corrected chi connectivity index (χ1v) is 9.06. The number of aromatic nitrogens is 2. The third-order valence-electron chi connectivity index (χ3n) is 2.82. The largest absolute Gasteiger partial charge is 0.343 e. The Morgan fingerprint density at radius 3 is 2.83 bits per heavy atom. The first-order valence-electron chi connectivity index (χ1n) is 6.08. The van der Waals surface area contributed by atoms with Gasteiger partial charge in [-0.25, -0.2) is 4.98 Å². The molecule has 0 saturated carbocycles. The summed E-state index contributed by atoms with van der Waals surface area (Å²) in [5, 5.41) is 0.824. The lowest BCUT2D eigenvalue weighted by atomic mass is 10.1. The molecule has 1 saturated heterocycles. The lowest BCUT2D eigenvalue weighted by molar-refractivity contribution is -0.131. The zero-order chi connectivity index (χ0) is 12.8. The zero-order valence-corrected chi connectivity index (χ0v) is 12.9. The van der Waals surface area contributed by atoms with Crippen LogP contribution in [0.3, 0.4) is 0 Å². The molecule has 7 heteroatoms. The number of carbonyl (C=O) groups is 1. The van der Waals surface area contributed by atoms with Crippen molar-refractivity contribution in [2.45, 2.75) is 35.2 Å². The molecular weight excluding hydrogens is 286 g/mol. The van der Waals surface area contributed by atoms with Crippen LogP contribution in [-0.4, -0.2) is 45.3 Å². The standard InChI is InChI=1S/C11H17N3OS3/c1-16-10-12-11(18-13-10)17-8-5-9(15)14-6-3-2-4-7-14/h2-8H2,1H3. The highest BCUT2D eigenvalue weighted by molar-refractivity contribution is 8.01. The smallest absolute Gasteiger partial charge is 0.223 e. The van der Waals surface area contributed by atoms with Gasteiger partial charge in [-0.2, -0.15) is 4.37 Å². The predicted octanol–water partition coefficient (Wildman–Crippen LogP) is 2.75. The van der Waals surface area contributed by atoms with Crippen LogP contribution in [0.1, 0.15) is 25.7 Å². The number of amides is 1. The number of nitrogens with zero attached hydrogens (tertiary/aromatic N) is 3. The third-order valence-corrected chi connectivity index (χ3v) is 5.32. The average Bonchev–Trinajstić information content (AvgIpc) is 2.87. The maximum absolute atomic E-state index is 11.9. The first-order chi connectivity index (χ1) is 8.79. The number of rotatable bonds is 5. The van der Waals surface area contributed by atoms with Crippen LogP contribution in [0, 0.1) is 0 Å². The second-order valence-electron chi connectivity index (χ2n) is 4.09. The van der Waals surface area contributed by atoms with Gasteiger partial charge in [0.2, 0.25) is 11.1 Å². The maximum Gasteiger partial charge on any atom is 0.223 e. The SMILES string of the molecule is CSc1nsc(SCCC(=O)N2CCCCC2)n1. The number of hydrogen-bond donors (Lipinski definition) is 0. The quantitative estimate of drug-likeness (QED) is 0.783. The molecule has 0 radical (unpaired) electrons. The van der Waals surface area contributed by atoms with Gasteiger partial charge in [0.25, 0.3) is 0 Å². The van der Waals surface area contributed by atoms with Crippen LogP contribution in [0.15, 0.2) is 9.50 Å². The van der Waals surface area contributed by atoms with Crippen molar-refractivity contribution in [3.05, 3.63) is 0 Å². The molecule has 4 nitrogen and oxygen atoms in total. The molecule has 2 rings (SSSR count). The molecular formula is C11H17N3OS3. The van der Waals surface area contributed by atoms with Crippen molar-refractivity contribution in [2.24, 2.45) is 0 Å². The molecule has 1 fully saturated rings. The van der Waals surface area contributed by atoms with Crippen molar-refractivity contribution in [1.82, 2.24) is 14.3 Å². The molecule has 0 atom stereocenters. The topological polar surface area (TPSA) is 46.1 Å². The van der Waals surface area contributed by atoms with Crippen LogP contribution in [0.5, 0.6) is 0 Å². The number of thioether (sulfide) groups is 2. The normalized spacial score (nSPS) is 15.9. The molecule has 2 heterocycles. The highest BCUT2D eigenvalue weighted by Gasteiger charge is 2.16. The van der Waals surface area contributed by atoms with Crippen molar-refractivity contribution >= 4 is 41.0 Å². The summed E-state index contributed by atoms with van der Waals surface area (Å²) in [5.74, 6) is 1.09. The molecule has 0 aromatic carbocycles. The molecule has 100 valence electrons. The average molecular weight is 303 g/mol. The molecule has 18 heavy (non-hydrogen) atoms. The summed E-state index contributed by atoms with van der Waals surface area (Å²) >= 11 is 4.60. The Kier molecular flexibility index (Phi) is 5.78. The summed E-state index contributed by atoms with van der Waals surface area (Å²) in [7, 11) is 0. The Bertz CT molecular complexity index is 391. The molecule has 1 aliphatic rings. The van der Waals surface area contributed by atoms with Crippen molar-refractivity contribution < 1.29 is 4.79 Å². The second kappa shape index (κ2) is 7.35. The van der Waals surface area contributed by atoms with Crippen LogP contribution in [-0.2, 0) is 4.79 Å². The van der Waals surface area contributed by atoms with Crippen molar-refractivity contribution in [1.29, 1.82) is 0 Å². The molecule has 1 amide bonds. The van der Waals surface area contributed by atoms with E-state index in [4.69, 9.17) is 0 Å². The Labute approximate surface area is 120 Å². The van der Waals surface area contributed by atoms with E-state index in [0.717, 1.165) is 41.2 Å². The van der Waals surface area contributed by atoms with Gasteiger partial charge in [-0.15, -0.1) is 0 Å². The van der Waals surface area contributed by atoms with Crippen LogP contribution >= 0.6 is 35.1 Å². The van der Waals surface area contributed by atoms with Gasteiger partial charge in [0.15, 0.2) is 4.34 Å². The minimum Gasteiger partial charge on any atom is -0.343 e. The van der Waals surface area contributed by atoms with Crippen molar-refractivity contribution in [3.8, 4) is 0 Å². The monoisotopic (exact) mass is 303 g/mol. The van der Waals surface area contributed by atoms with E-state index in [0.29, 0.717) is 6.42 Å². The molecule has 0 spiro atoms. The van der Waals surface area contributed by atoms with E-state index >= 15 is 0 Å². The van der Waals surface area contributed by atoms with Crippen molar-refractivity contribution in [3.63, 3.8) is 0 Å². The third kappa shape index (κ3) is 4.13. The fourth-order valence-corrected chi connectivity index (χ4v) is 4.07. The lowest BCUT2D eigenvalue weighted by Gasteiger charge is -2.26. The summed E-state index contributed by atoms with van der Waals surface area (Å²) in [4.78, 5) is 18.3. The summed E-state index contributed by atoms with van der Waals surface area (Å²) in [6.07, 6.45) is 6.16. The minimum atomic E-state index is 0.289. The number of hydrogen-bond acceptors (Lipinski definition) is 6.